The number of hydrogen-bond donors (Lipinski definition) is 3. The summed E-state index contributed by atoms with van der Waals surface area (Å²) in [6, 6.07) is 12.5. The molecule has 0 unspecified atom stereocenters. The van der Waals surface area contributed by atoms with Crippen molar-refractivity contribution < 1.29 is 18.3 Å². The molecule has 0 fully saturated rings. The van der Waals surface area contributed by atoms with E-state index in [2.05, 4.69) is 35.5 Å². The van der Waals surface area contributed by atoms with E-state index in [9.17, 15) is 8.78 Å². The molecule has 0 atom stereocenters. The zero-order valence-electron chi connectivity index (χ0n) is 18.6. The molecule has 11 heteroatoms. The fourth-order valence-corrected chi connectivity index (χ4v) is 2.96. The smallest absolute Gasteiger partial charge is 0.387 e. The van der Waals surface area contributed by atoms with Gasteiger partial charge in [0.25, 0.3) is 0 Å². The predicted octanol–water partition coefficient (Wildman–Crippen LogP) is 4.26. The standard InChI is InChI=1S/C22H26F2N6O2.HI/c1-4-25-22(26-12-16-11-14(2)5-10-18(16)32-21(23)24)27-13-19-28-20(30-29-19)15-6-8-17(31-3)9-7-15;/h5-11,21H,4,12-13H2,1-3H3,(H2,25,26,27)(H,28,29,30);1H. The van der Waals surface area contributed by atoms with Gasteiger partial charge in [-0.25, -0.2) is 9.98 Å². The first-order valence-electron chi connectivity index (χ1n) is 10.1. The van der Waals surface area contributed by atoms with E-state index >= 15 is 0 Å². The van der Waals surface area contributed by atoms with Crippen LogP contribution in [0.1, 0.15) is 23.9 Å². The average molecular weight is 572 g/mol. The summed E-state index contributed by atoms with van der Waals surface area (Å²) in [5.74, 6) is 2.58. The Morgan fingerprint density at radius 2 is 1.91 bits per heavy atom. The summed E-state index contributed by atoms with van der Waals surface area (Å²) in [4.78, 5) is 8.97. The van der Waals surface area contributed by atoms with Crippen LogP contribution in [0, 0.1) is 6.92 Å². The Morgan fingerprint density at radius 3 is 2.58 bits per heavy atom. The van der Waals surface area contributed by atoms with E-state index < -0.39 is 6.61 Å². The van der Waals surface area contributed by atoms with Crippen LogP contribution in [-0.4, -0.2) is 41.4 Å². The summed E-state index contributed by atoms with van der Waals surface area (Å²) in [5.41, 5.74) is 2.37. The van der Waals surface area contributed by atoms with Crippen LogP contribution in [0.15, 0.2) is 47.5 Å². The number of halogens is 3. The van der Waals surface area contributed by atoms with Crippen molar-refractivity contribution in [1.29, 1.82) is 0 Å². The molecular formula is C22H27F2IN6O2. The number of aromatic nitrogens is 3. The maximum absolute atomic E-state index is 12.7. The number of H-pyrrole nitrogens is 1. The van der Waals surface area contributed by atoms with Gasteiger partial charge in [0.05, 0.1) is 20.2 Å². The van der Waals surface area contributed by atoms with Crippen molar-refractivity contribution in [3.63, 3.8) is 0 Å². The highest BCUT2D eigenvalue weighted by Crippen LogP contribution is 2.23. The van der Waals surface area contributed by atoms with Crippen molar-refractivity contribution >= 4 is 29.9 Å². The van der Waals surface area contributed by atoms with Gasteiger partial charge in [0, 0.05) is 17.7 Å². The molecule has 33 heavy (non-hydrogen) atoms. The van der Waals surface area contributed by atoms with Crippen molar-refractivity contribution in [1.82, 2.24) is 25.8 Å². The van der Waals surface area contributed by atoms with E-state index in [0.29, 0.717) is 36.3 Å². The van der Waals surface area contributed by atoms with Gasteiger partial charge in [-0.05, 0) is 44.2 Å². The normalized spacial score (nSPS) is 11.2. The Labute approximate surface area is 208 Å². The number of methoxy groups -OCH3 is 1. The van der Waals surface area contributed by atoms with Crippen molar-refractivity contribution in [2.75, 3.05) is 13.7 Å². The molecule has 8 nitrogen and oxygen atoms in total. The van der Waals surface area contributed by atoms with Gasteiger partial charge >= 0.3 is 6.61 Å². The number of rotatable bonds is 9. The molecule has 0 radical (unpaired) electrons. The molecular weight excluding hydrogens is 545 g/mol. The van der Waals surface area contributed by atoms with Gasteiger partial charge in [0.2, 0.25) is 0 Å². The number of aliphatic imine (C=N–C) groups is 1. The molecule has 0 spiro atoms. The lowest BCUT2D eigenvalue weighted by Gasteiger charge is -2.12. The Morgan fingerprint density at radius 1 is 1.15 bits per heavy atom. The van der Waals surface area contributed by atoms with E-state index in [0.717, 1.165) is 16.9 Å². The van der Waals surface area contributed by atoms with Crippen LogP contribution in [0.2, 0.25) is 0 Å². The third-order valence-corrected chi connectivity index (χ3v) is 4.49. The molecule has 0 amide bonds. The van der Waals surface area contributed by atoms with Crippen LogP contribution in [0.25, 0.3) is 11.4 Å². The Balaban J connectivity index is 0.00000385. The molecule has 3 rings (SSSR count). The number of benzene rings is 2. The molecule has 3 N–H and O–H groups in total. The number of aryl methyl sites for hydroxylation is 1. The van der Waals surface area contributed by atoms with Crippen LogP contribution in [-0.2, 0) is 13.1 Å². The van der Waals surface area contributed by atoms with Gasteiger partial charge in [-0.3, -0.25) is 5.10 Å². The first kappa shape index (κ1) is 26.3. The quantitative estimate of drug-likeness (QED) is 0.202. The topological polar surface area (TPSA) is 96.5 Å². The zero-order valence-corrected chi connectivity index (χ0v) is 20.9. The minimum absolute atomic E-state index is 0. The van der Waals surface area contributed by atoms with Crippen LogP contribution >= 0.6 is 24.0 Å². The molecule has 0 bridgehead atoms. The van der Waals surface area contributed by atoms with Gasteiger partial charge in [-0.15, -0.1) is 24.0 Å². The van der Waals surface area contributed by atoms with E-state index in [4.69, 9.17) is 4.74 Å². The van der Waals surface area contributed by atoms with Crippen LogP contribution < -0.4 is 20.1 Å². The number of nitrogens with one attached hydrogen (secondary N) is 3. The SMILES string of the molecule is CCNC(=NCc1cc(C)ccc1OC(F)F)NCc1nc(-c2ccc(OC)cc2)n[nH]1.I. The van der Waals surface area contributed by atoms with E-state index in [1.54, 1.807) is 19.2 Å². The second-order valence-corrected chi connectivity index (χ2v) is 6.87. The van der Waals surface area contributed by atoms with Gasteiger partial charge in [0.15, 0.2) is 11.8 Å². The first-order chi connectivity index (χ1) is 15.5. The molecule has 3 aromatic rings. The summed E-state index contributed by atoms with van der Waals surface area (Å²) in [6.45, 7) is 2.08. The van der Waals surface area contributed by atoms with Crippen LogP contribution in [0.3, 0.4) is 0 Å². The predicted molar refractivity (Wildman–Crippen MR) is 133 cm³/mol. The summed E-state index contributed by atoms with van der Waals surface area (Å²) < 4.78 is 35.1. The Kier molecular flexibility index (Phi) is 10.3. The van der Waals surface area contributed by atoms with Crippen molar-refractivity contribution in [2.45, 2.75) is 33.5 Å². The number of aromatic amines is 1. The number of alkyl halides is 2. The fraction of sp³-hybridized carbons (Fsp3) is 0.318. The number of nitrogens with zero attached hydrogens (tertiary/aromatic N) is 3. The lowest BCUT2D eigenvalue weighted by molar-refractivity contribution is -0.0504. The average Bonchev–Trinajstić information content (AvgIpc) is 3.26. The third-order valence-electron chi connectivity index (χ3n) is 4.49. The molecule has 0 aliphatic carbocycles. The van der Waals surface area contributed by atoms with Crippen molar-refractivity contribution in [3.05, 3.63) is 59.4 Å². The number of guanidine groups is 1. The largest absolute Gasteiger partial charge is 0.497 e. The Bertz CT molecular complexity index is 1040. The summed E-state index contributed by atoms with van der Waals surface area (Å²) in [6.07, 6.45) is 0. The summed E-state index contributed by atoms with van der Waals surface area (Å²) in [7, 11) is 1.61. The second kappa shape index (κ2) is 12.9. The minimum Gasteiger partial charge on any atom is -0.497 e. The first-order valence-corrected chi connectivity index (χ1v) is 10.1. The van der Waals surface area contributed by atoms with Crippen molar-refractivity contribution in [3.8, 4) is 22.9 Å². The second-order valence-electron chi connectivity index (χ2n) is 6.87. The molecule has 0 saturated heterocycles. The molecule has 0 aliphatic heterocycles. The summed E-state index contributed by atoms with van der Waals surface area (Å²) >= 11 is 0. The van der Waals surface area contributed by atoms with Crippen molar-refractivity contribution in [2.24, 2.45) is 4.99 Å². The van der Waals surface area contributed by atoms with Crippen LogP contribution in [0.4, 0.5) is 8.78 Å². The lowest BCUT2D eigenvalue weighted by Crippen LogP contribution is -2.37. The molecule has 1 heterocycles. The highest BCUT2D eigenvalue weighted by Gasteiger charge is 2.11. The van der Waals surface area contributed by atoms with E-state index in [1.165, 1.54) is 6.07 Å². The van der Waals surface area contributed by atoms with Crippen LogP contribution in [0.5, 0.6) is 11.5 Å². The maximum Gasteiger partial charge on any atom is 0.387 e. The fourth-order valence-electron chi connectivity index (χ4n) is 2.96. The van der Waals surface area contributed by atoms with Gasteiger partial charge in [0.1, 0.15) is 17.3 Å². The molecule has 0 aliphatic rings. The minimum atomic E-state index is -2.89. The molecule has 1 aromatic heterocycles. The summed E-state index contributed by atoms with van der Waals surface area (Å²) in [5, 5.41) is 13.4. The number of ether oxygens (including phenoxy) is 2. The maximum atomic E-state index is 12.7. The molecule has 2 aromatic carbocycles. The lowest BCUT2D eigenvalue weighted by atomic mass is 10.1. The van der Waals surface area contributed by atoms with E-state index in [-0.39, 0.29) is 36.3 Å². The zero-order chi connectivity index (χ0) is 22.9. The highest BCUT2D eigenvalue weighted by atomic mass is 127. The Hall–Kier alpha value is -2.96. The van der Waals surface area contributed by atoms with E-state index in [1.807, 2.05) is 38.1 Å². The molecule has 0 saturated carbocycles. The van der Waals surface area contributed by atoms with Gasteiger partial charge < -0.3 is 20.1 Å². The number of hydrogen-bond acceptors (Lipinski definition) is 5. The highest BCUT2D eigenvalue weighted by molar-refractivity contribution is 14.0. The van der Waals surface area contributed by atoms with Gasteiger partial charge in [-0.2, -0.15) is 13.9 Å². The molecule has 178 valence electrons. The van der Waals surface area contributed by atoms with Gasteiger partial charge in [-0.1, -0.05) is 17.7 Å². The monoisotopic (exact) mass is 572 g/mol. The third kappa shape index (κ3) is 7.84.